The minimum atomic E-state index is -1.55. The highest BCUT2D eigenvalue weighted by Crippen LogP contribution is 2.38. The Morgan fingerprint density at radius 3 is 2.24 bits per heavy atom. The largest absolute Gasteiger partial charge is 0.480 e. The van der Waals surface area contributed by atoms with Crippen LogP contribution in [0.1, 0.15) is 43.2 Å². The third-order valence-electron chi connectivity index (χ3n) is 5.44. The number of benzene rings is 2. The van der Waals surface area contributed by atoms with Crippen molar-refractivity contribution < 1.29 is 24.2 Å². The van der Waals surface area contributed by atoms with Crippen LogP contribution in [0.4, 0.5) is 4.39 Å². The Hall–Kier alpha value is -3.64. The fourth-order valence-corrected chi connectivity index (χ4v) is 3.77. The minimum Gasteiger partial charge on any atom is -0.480 e. The monoisotopic (exact) mass is 447 g/mol. The Morgan fingerprint density at radius 1 is 1.06 bits per heavy atom. The summed E-state index contributed by atoms with van der Waals surface area (Å²) >= 11 is 0. The lowest BCUT2D eigenvalue weighted by atomic mass is 9.82. The molecule has 3 rings (SSSR count). The molecule has 1 heterocycles. The molecule has 0 saturated carbocycles. The van der Waals surface area contributed by atoms with Gasteiger partial charge in [0.25, 0.3) is 0 Å². The summed E-state index contributed by atoms with van der Waals surface area (Å²) in [5.41, 5.74) is 3.14. The number of halogens is 1. The van der Waals surface area contributed by atoms with Gasteiger partial charge in [-0.05, 0) is 41.8 Å². The standard InChI is InChI=1S/C27H26FNO4/c1-4-20(30)14-23(31)25(27(32)33)24-21(16(2)3)15-22(17-8-6-5-7-9-17)29-26(24)18-10-12-19(28)13-11-18/h4-13,15-16,20,25,30H,1,14H2,2-3H3,(H,32,33). The summed E-state index contributed by atoms with van der Waals surface area (Å²) in [4.78, 5) is 30.2. The van der Waals surface area contributed by atoms with Gasteiger partial charge in [0.1, 0.15) is 11.7 Å². The smallest absolute Gasteiger partial charge is 0.318 e. The number of hydrogen-bond donors (Lipinski definition) is 2. The maximum atomic E-state index is 13.6. The lowest BCUT2D eigenvalue weighted by molar-refractivity contribution is -0.142. The van der Waals surface area contributed by atoms with E-state index in [4.69, 9.17) is 4.98 Å². The highest BCUT2D eigenvalue weighted by molar-refractivity contribution is 6.05. The van der Waals surface area contributed by atoms with Crippen LogP contribution in [0.5, 0.6) is 0 Å². The first-order chi connectivity index (χ1) is 15.7. The Balaban J connectivity index is 2.34. The number of Topliss-reactive ketones (excluding diaryl/α,β-unsaturated/α-hetero) is 1. The first-order valence-electron chi connectivity index (χ1n) is 10.6. The fourth-order valence-electron chi connectivity index (χ4n) is 3.77. The van der Waals surface area contributed by atoms with E-state index in [1.807, 2.05) is 44.2 Å². The molecule has 33 heavy (non-hydrogen) atoms. The molecule has 1 aromatic heterocycles. The topological polar surface area (TPSA) is 87.5 Å². The Kier molecular flexibility index (Phi) is 7.51. The lowest BCUT2D eigenvalue weighted by Gasteiger charge is -2.23. The first-order valence-corrected chi connectivity index (χ1v) is 10.6. The van der Waals surface area contributed by atoms with E-state index in [1.165, 1.54) is 30.3 Å². The summed E-state index contributed by atoms with van der Waals surface area (Å²) in [6.45, 7) is 7.27. The van der Waals surface area contributed by atoms with E-state index in [9.17, 15) is 24.2 Å². The number of aliphatic hydroxyl groups excluding tert-OH is 1. The van der Waals surface area contributed by atoms with Crippen molar-refractivity contribution in [1.82, 2.24) is 4.98 Å². The molecule has 0 aliphatic carbocycles. The number of carbonyl (C=O) groups excluding carboxylic acids is 1. The Labute approximate surface area is 192 Å². The van der Waals surface area contributed by atoms with Gasteiger partial charge in [-0.3, -0.25) is 9.59 Å². The second-order valence-electron chi connectivity index (χ2n) is 8.13. The molecule has 0 aliphatic rings. The highest BCUT2D eigenvalue weighted by atomic mass is 19.1. The maximum absolute atomic E-state index is 13.6. The van der Waals surface area contributed by atoms with Gasteiger partial charge in [-0.25, -0.2) is 9.37 Å². The Morgan fingerprint density at radius 2 is 1.70 bits per heavy atom. The predicted molar refractivity (Wildman–Crippen MR) is 125 cm³/mol. The number of aliphatic carboxylic acids is 1. The third kappa shape index (κ3) is 5.41. The van der Waals surface area contributed by atoms with Crippen molar-refractivity contribution in [2.75, 3.05) is 0 Å². The van der Waals surface area contributed by atoms with Crippen LogP contribution in [0.25, 0.3) is 22.5 Å². The predicted octanol–water partition coefficient (Wildman–Crippen LogP) is 5.35. The molecule has 2 atom stereocenters. The second-order valence-corrected chi connectivity index (χ2v) is 8.13. The summed E-state index contributed by atoms with van der Waals surface area (Å²) in [5.74, 6) is -4.12. The Bertz CT molecular complexity index is 1160. The summed E-state index contributed by atoms with van der Waals surface area (Å²) < 4.78 is 13.6. The van der Waals surface area contributed by atoms with Crippen LogP contribution in [0, 0.1) is 5.82 Å². The molecule has 5 nitrogen and oxygen atoms in total. The zero-order valence-corrected chi connectivity index (χ0v) is 18.5. The number of carbonyl (C=O) groups is 2. The number of carboxylic acid groups (broad SMARTS) is 1. The van der Waals surface area contributed by atoms with Gasteiger partial charge in [-0.15, -0.1) is 6.58 Å². The van der Waals surface area contributed by atoms with Crippen LogP contribution in [0.2, 0.25) is 0 Å². The molecule has 170 valence electrons. The molecule has 2 aromatic carbocycles. The molecular weight excluding hydrogens is 421 g/mol. The number of aromatic nitrogens is 1. The lowest BCUT2D eigenvalue weighted by Crippen LogP contribution is -2.27. The van der Waals surface area contributed by atoms with Gasteiger partial charge in [0.2, 0.25) is 0 Å². The molecule has 0 bridgehead atoms. The van der Waals surface area contributed by atoms with Crippen molar-refractivity contribution in [2.24, 2.45) is 0 Å². The summed E-state index contributed by atoms with van der Waals surface area (Å²) in [6, 6.07) is 16.8. The molecule has 6 heteroatoms. The van der Waals surface area contributed by atoms with Gasteiger partial charge < -0.3 is 10.2 Å². The summed E-state index contributed by atoms with van der Waals surface area (Å²) in [7, 11) is 0. The van der Waals surface area contributed by atoms with Crippen LogP contribution in [0.3, 0.4) is 0 Å². The molecule has 2 unspecified atom stereocenters. The van der Waals surface area contributed by atoms with Gasteiger partial charge in [0.15, 0.2) is 5.78 Å². The summed E-state index contributed by atoms with van der Waals surface area (Å²) in [6.07, 6.45) is -0.355. The van der Waals surface area contributed by atoms with Crippen molar-refractivity contribution in [3.05, 3.63) is 90.3 Å². The number of rotatable bonds is 9. The quantitative estimate of drug-likeness (QED) is 0.341. The highest BCUT2D eigenvalue weighted by Gasteiger charge is 2.35. The van der Waals surface area contributed by atoms with Gasteiger partial charge in [0.05, 0.1) is 17.5 Å². The minimum absolute atomic E-state index is 0.136. The zero-order valence-electron chi connectivity index (χ0n) is 18.5. The van der Waals surface area contributed by atoms with E-state index < -0.39 is 29.6 Å². The van der Waals surface area contributed by atoms with Crippen LogP contribution >= 0.6 is 0 Å². The van der Waals surface area contributed by atoms with Crippen molar-refractivity contribution >= 4 is 11.8 Å². The van der Waals surface area contributed by atoms with Gasteiger partial charge >= 0.3 is 5.97 Å². The van der Waals surface area contributed by atoms with Gasteiger partial charge in [0, 0.05) is 23.1 Å². The van der Waals surface area contributed by atoms with E-state index in [0.717, 1.165) is 5.56 Å². The molecule has 2 N–H and O–H groups in total. The van der Waals surface area contributed by atoms with Gasteiger partial charge in [-0.1, -0.05) is 50.3 Å². The number of ketones is 1. The van der Waals surface area contributed by atoms with Gasteiger partial charge in [-0.2, -0.15) is 0 Å². The second kappa shape index (κ2) is 10.3. The van der Waals surface area contributed by atoms with Crippen molar-refractivity contribution in [1.29, 1.82) is 0 Å². The number of carboxylic acids is 1. The van der Waals surface area contributed by atoms with Crippen LogP contribution in [-0.4, -0.2) is 33.1 Å². The molecule has 0 fully saturated rings. The number of nitrogens with zero attached hydrogens (tertiary/aromatic N) is 1. The van der Waals surface area contributed by atoms with Crippen LogP contribution in [0.15, 0.2) is 73.3 Å². The van der Waals surface area contributed by atoms with E-state index in [-0.39, 0.29) is 17.9 Å². The van der Waals surface area contributed by atoms with Crippen molar-refractivity contribution in [3.8, 4) is 22.5 Å². The van der Waals surface area contributed by atoms with E-state index in [1.54, 1.807) is 6.07 Å². The molecule has 3 aromatic rings. The molecule has 0 spiro atoms. The number of aliphatic hydroxyl groups is 1. The third-order valence-corrected chi connectivity index (χ3v) is 5.44. The average molecular weight is 448 g/mol. The maximum Gasteiger partial charge on any atom is 0.318 e. The normalized spacial score (nSPS) is 12.9. The SMILES string of the molecule is C=CC(O)CC(=O)C(C(=O)O)c1c(C(C)C)cc(-c2ccccc2)nc1-c1ccc(F)cc1. The van der Waals surface area contributed by atoms with E-state index >= 15 is 0 Å². The van der Waals surface area contributed by atoms with Crippen LogP contribution in [-0.2, 0) is 9.59 Å². The van der Waals surface area contributed by atoms with Crippen LogP contribution < -0.4 is 0 Å². The van der Waals surface area contributed by atoms with E-state index in [0.29, 0.717) is 22.5 Å². The molecule has 0 radical (unpaired) electrons. The first kappa shape index (κ1) is 24.0. The van der Waals surface area contributed by atoms with Crippen molar-refractivity contribution in [2.45, 2.75) is 38.2 Å². The number of hydrogen-bond acceptors (Lipinski definition) is 4. The summed E-state index contributed by atoms with van der Waals surface area (Å²) in [5, 5.41) is 20.0. The molecule has 0 amide bonds. The molecule has 0 saturated heterocycles. The fraction of sp³-hybridized carbons (Fsp3) is 0.222. The molecule has 0 aliphatic heterocycles. The average Bonchev–Trinajstić information content (AvgIpc) is 2.79. The molecular formula is C27H26FNO4. The van der Waals surface area contributed by atoms with Crippen molar-refractivity contribution in [3.63, 3.8) is 0 Å². The van der Waals surface area contributed by atoms with E-state index in [2.05, 4.69) is 6.58 Å². The number of pyridine rings is 1. The zero-order chi connectivity index (χ0) is 24.1.